The Bertz CT molecular complexity index is 1730. The van der Waals surface area contributed by atoms with E-state index in [2.05, 4.69) is 50.8 Å². The summed E-state index contributed by atoms with van der Waals surface area (Å²) in [7, 11) is 0. The van der Waals surface area contributed by atoms with E-state index < -0.39 is 6.04 Å². The van der Waals surface area contributed by atoms with E-state index in [-0.39, 0.29) is 23.3 Å². The molecule has 0 bridgehead atoms. The molecule has 0 radical (unpaired) electrons. The highest BCUT2D eigenvalue weighted by molar-refractivity contribution is 6.18. The summed E-state index contributed by atoms with van der Waals surface area (Å²) in [5, 5.41) is 25.7. The van der Waals surface area contributed by atoms with Gasteiger partial charge in [0.1, 0.15) is 17.5 Å². The number of rotatable bonds is 10. The van der Waals surface area contributed by atoms with E-state index in [1.807, 2.05) is 42.5 Å². The molecule has 242 valence electrons. The summed E-state index contributed by atoms with van der Waals surface area (Å²) in [6.07, 6.45) is 1.47. The highest BCUT2D eigenvalue weighted by Gasteiger charge is 2.27. The lowest BCUT2D eigenvalue weighted by Crippen LogP contribution is -2.48. The number of nitrogens with zero attached hydrogens (tertiary/aromatic N) is 2. The average molecular weight is 651 g/mol. The molecule has 2 fully saturated rings. The fourth-order valence-electron chi connectivity index (χ4n) is 6.38. The quantitative estimate of drug-likeness (QED) is 0.0917. The van der Waals surface area contributed by atoms with Crippen LogP contribution in [0.1, 0.15) is 41.5 Å². The first-order valence-electron chi connectivity index (χ1n) is 16.0. The minimum atomic E-state index is -0.412. The number of alkyl halides is 1. The molecule has 2 heterocycles. The van der Waals surface area contributed by atoms with Crippen LogP contribution in [0.5, 0.6) is 11.5 Å². The molecule has 47 heavy (non-hydrogen) atoms. The van der Waals surface area contributed by atoms with Crippen molar-refractivity contribution in [3.63, 3.8) is 0 Å². The monoisotopic (exact) mass is 650 g/mol. The number of piperazine rings is 1. The smallest absolute Gasteiger partial charge is 0.249 e. The SMILES string of the molecule is O=C1CCC(Nc2ccccc2CN2CCN(c3ccc(C(=C(CCCl)c4ccc(O)cc4)c4ccc(O)cc4)cc3)CC2)C(=O)N1. The van der Waals surface area contributed by atoms with Gasteiger partial charge in [-0.3, -0.25) is 19.8 Å². The summed E-state index contributed by atoms with van der Waals surface area (Å²) in [6.45, 7) is 4.33. The highest BCUT2D eigenvalue weighted by Crippen LogP contribution is 2.36. The van der Waals surface area contributed by atoms with Gasteiger partial charge in [-0.05, 0) is 88.7 Å². The lowest BCUT2D eigenvalue weighted by atomic mass is 9.88. The number of hydrogen-bond donors (Lipinski definition) is 4. The highest BCUT2D eigenvalue weighted by atomic mass is 35.5. The third-order valence-electron chi connectivity index (χ3n) is 8.89. The van der Waals surface area contributed by atoms with E-state index in [1.54, 1.807) is 24.3 Å². The Morgan fingerprint density at radius 3 is 2.00 bits per heavy atom. The third-order valence-corrected chi connectivity index (χ3v) is 9.08. The zero-order valence-electron chi connectivity index (χ0n) is 26.2. The van der Waals surface area contributed by atoms with Crippen molar-refractivity contribution in [1.82, 2.24) is 10.2 Å². The van der Waals surface area contributed by atoms with Crippen molar-refractivity contribution in [2.45, 2.75) is 31.8 Å². The van der Waals surface area contributed by atoms with Crippen molar-refractivity contribution in [1.29, 1.82) is 0 Å². The number of phenols is 2. The zero-order chi connectivity index (χ0) is 32.8. The fourth-order valence-corrected chi connectivity index (χ4v) is 6.56. The van der Waals surface area contributed by atoms with Crippen LogP contribution in [0, 0.1) is 0 Å². The number of hydrogen-bond acceptors (Lipinski definition) is 7. The molecule has 2 aliphatic rings. The number of nitrogens with one attached hydrogen (secondary N) is 2. The molecule has 2 aliphatic heterocycles. The second-order valence-corrected chi connectivity index (χ2v) is 12.4. The molecule has 0 spiro atoms. The van der Waals surface area contributed by atoms with Crippen LogP contribution in [0.2, 0.25) is 0 Å². The number of halogens is 1. The van der Waals surface area contributed by atoms with Gasteiger partial charge in [-0.25, -0.2) is 0 Å². The minimum Gasteiger partial charge on any atom is -0.508 e. The standard InChI is InChI=1S/C38H39ClN4O4/c39-20-19-33(26-7-13-31(44)14-8-26)37(28-9-15-32(45)16-10-28)27-5-11-30(12-6-27)43-23-21-42(22-24-43)25-29-3-1-2-4-34(29)40-35-17-18-36(46)41-38(35)47/h1-16,35,40,44-45H,17-25H2,(H,41,46,47). The number of carbonyl (C=O) groups is 2. The average Bonchev–Trinajstić information content (AvgIpc) is 3.08. The fraction of sp³-hybridized carbons (Fsp3) is 0.263. The summed E-state index contributed by atoms with van der Waals surface area (Å²) >= 11 is 6.31. The number of para-hydroxylation sites is 1. The van der Waals surface area contributed by atoms with Crippen LogP contribution < -0.4 is 15.5 Å². The van der Waals surface area contributed by atoms with Crippen molar-refractivity contribution >= 4 is 45.9 Å². The Hall–Kier alpha value is -4.79. The normalized spacial score (nSPS) is 17.6. The molecule has 2 saturated heterocycles. The van der Waals surface area contributed by atoms with Crippen molar-refractivity contribution < 1.29 is 19.8 Å². The molecule has 9 heteroatoms. The van der Waals surface area contributed by atoms with Crippen molar-refractivity contribution in [2.75, 3.05) is 42.3 Å². The van der Waals surface area contributed by atoms with E-state index in [0.29, 0.717) is 25.1 Å². The number of amides is 2. The first-order chi connectivity index (χ1) is 22.9. The number of aromatic hydroxyl groups is 2. The molecule has 1 atom stereocenters. The van der Waals surface area contributed by atoms with E-state index in [9.17, 15) is 19.8 Å². The van der Waals surface area contributed by atoms with Gasteiger partial charge < -0.3 is 20.4 Å². The van der Waals surface area contributed by atoms with Gasteiger partial charge in [-0.15, -0.1) is 11.6 Å². The van der Waals surface area contributed by atoms with E-state index in [0.717, 1.165) is 77.5 Å². The zero-order valence-corrected chi connectivity index (χ0v) is 26.9. The van der Waals surface area contributed by atoms with Crippen LogP contribution in [0.4, 0.5) is 11.4 Å². The predicted octanol–water partition coefficient (Wildman–Crippen LogP) is 6.23. The van der Waals surface area contributed by atoms with Gasteiger partial charge in [-0.1, -0.05) is 54.6 Å². The number of carbonyl (C=O) groups excluding carboxylic acids is 2. The lowest BCUT2D eigenvalue weighted by Gasteiger charge is -2.36. The first-order valence-corrected chi connectivity index (χ1v) is 16.5. The van der Waals surface area contributed by atoms with E-state index in [4.69, 9.17) is 11.6 Å². The Balaban J connectivity index is 1.16. The topological polar surface area (TPSA) is 105 Å². The Morgan fingerprint density at radius 2 is 1.38 bits per heavy atom. The predicted molar refractivity (Wildman–Crippen MR) is 188 cm³/mol. The lowest BCUT2D eigenvalue weighted by molar-refractivity contribution is -0.133. The third kappa shape index (κ3) is 7.79. The summed E-state index contributed by atoms with van der Waals surface area (Å²) in [4.78, 5) is 28.7. The molecular formula is C38H39ClN4O4. The Morgan fingerprint density at radius 1 is 0.787 bits per heavy atom. The molecule has 0 aromatic heterocycles. The first kappa shape index (κ1) is 32.2. The maximum Gasteiger partial charge on any atom is 0.249 e. The molecule has 6 rings (SSSR count). The summed E-state index contributed by atoms with van der Waals surface area (Å²) in [6, 6.07) is 30.7. The maximum atomic E-state index is 12.3. The molecule has 4 aromatic carbocycles. The summed E-state index contributed by atoms with van der Waals surface area (Å²) in [5.41, 5.74) is 8.33. The molecule has 8 nitrogen and oxygen atoms in total. The second kappa shape index (κ2) is 14.8. The van der Waals surface area contributed by atoms with Gasteiger partial charge in [0, 0.05) is 56.4 Å². The van der Waals surface area contributed by atoms with Crippen LogP contribution in [-0.4, -0.2) is 65.0 Å². The van der Waals surface area contributed by atoms with Crippen LogP contribution in [0.25, 0.3) is 11.1 Å². The molecule has 4 aromatic rings. The van der Waals surface area contributed by atoms with Gasteiger partial charge >= 0.3 is 0 Å². The second-order valence-electron chi connectivity index (χ2n) is 12.0. The largest absolute Gasteiger partial charge is 0.508 e. The Kier molecular flexibility index (Phi) is 10.1. The minimum absolute atomic E-state index is 0.209. The molecular weight excluding hydrogens is 612 g/mol. The van der Waals surface area contributed by atoms with Crippen LogP contribution in [-0.2, 0) is 16.1 Å². The van der Waals surface area contributed by atoms with E-state index in [1.165, 1.54) is 0 Å². The maximum absolute atomic E-state index is 12.3. The molecule has 0 saturated carbocycles. The number of benzene rings is 4. The van der Waals surface area contributed by atoms with Crippen molar-refractivity contribution in [3.05, 3.63) is 119 Å². The van der Waals surface area contributed by atoms with Gasteiger partial charge in [-0.2, -0.15) is 0 Å². The van der Waals surface area contributed by atoms with Crippen LogP contribution >= 0.6 is 11.6 Å². The molecule has 1 unspecified atom stereocenters. The van der Waals surface area contributed by atoms with Crippen LogP contribution in [0.15, 0.2) is 97.1 Å². The molecule has 0 aliphatic carbocycles. The number of piperidine rings is 1. The van der Waals surface area contributed by atoms with Crippen molar-refractivity contribution in [2.24, 2.45) is 0 Å². The number of phenolic OH excluding ortho intramolecular Hbond substituents is 2. The summed E-state index contributed by atoms with van der Waals surface area (Å²) in [5.74, 6) is 0.380. The van der Waals surface area contributed by atoms with Gasteiger partial charge in [0.25, 0.3) is 0 Å². The Labute approximate surface area is 280 Å². The number of imide groups is 1. The van der Waals surface area contributed by atoms with Gasteiger partial charge in [0.15, 0.2) is 0 Å². The molecule has 2 amide bonds. The number of allylic oxidation sites excluding steroid dienone is 1. The van der Waals surface area contributed by atoms with Gasteiger partial charge in [0.2, 0.25) is 11.8 Å². The van der Waals surface area contributed by atoms with Crippen molar-refractivity contribution in [3.8, 4) is 11.5 Å². The van der Waals surface area contributed by atoms with Crippen LogP contribution in [0.3, 0.4) is 0 Å². The number of anilines is 2. The van der Waals surface area contributed by atoms with E-state index >= 15 is 0 Å². The van der Waals surface area contributed by atoms with Gasteiger partial charge in [0.05, 0.1) is 0 Å². The molecule has 4 N–H and O–H groups in total. The summed E-state index contributed by atoms with van der Waals surface area (Å²) < 4.78 is 0.